The maximum atomic E-state index is 2.18. The number of unbranched alkanes of at least 4 members (excludes halogenated alkanes) is 1. The van der Waals surface area contributed by atoms with E-state index < -0.39 is 0 Å². The second-order valence-corrected chi connectivity index (χ2v) is 3.86. The largest absolute Gasteiger partial charge is 0.0683 e. The molecule has 0 aliphatic carbocycles. The molecule has 0 aliphatic rings. The van der Waals surface area contributed by atoms with Crippen LogP contribution in [0.25, 0.3) is 0 Å². The van der Waals surface area contributed by atoms with Crippen LogP contribution in [0, 0.1) is 13.8 Å². The molecule has 1 aromatic rings. The second-order valence-electron chi connectivity index (χ2n) is 3.86. The SMILES string of the molecule is CC.CCC.CCCC.Cc1ccc(C)cc1. The van der Waals surface area contributed by atoms with Gasteiger partial charge in [-0.15, -0.1) is 0 Å². The molecule has 17 heavy (non-hydrogen) atoms. The molecule has 0 fully saturated rings. The van der Waals surface area contributed by atoms with Gasteiger partial charge in [-0.05, 0) is 13.8 Å². The Kier molecular flexibility index (Phi) is 26.1. The minimum atomic E-state index is 1.25. The number of hydrogen-bond acceptors (Lipinski definition) is 0. The van der Waals surface area contributed by atoms with E-state index in [0.717, 1.165) is 0 Å². The third-order valence-corrected chi connectivity index (χ3v) is 1.72. The summed E-state index contributed by atoms with van der Waals surface area (Å²) in [4.78, 5) is 0. The molecule has 0 saturated heterocycles. The van der Waals surface area contributed by atoms with E-state index in [1.165, 1.54) is 30.4 Å². The number of benzene rings is 1. The summed E-state index contributed by atoms with van der Waals surface area (Å²) < 4.78 is 0. The van der Waals surface area contributed by atoms with Gasteiger partial charge in [0.15, 0.2) is 0 Å². The van der Waals surface area contributed by atoms with Crippen LogP contribution in [-0.4, -0.2) is 0 Å². The lowest BCUT2D eigenvalue weighted by molar-refractivity contribution is 0.886. The molecular weight excluding hydrogens is 204 g/mol. The quantitative estimate of drug-likeness (QED) is 0.520. The molecule has 0 nitrogen and oxygen atoms in total. The van der Waals surface area contributed by atoms with Crippen LogP contribution in [0.15, 0.2) is 24.3 Å². The van der Waals surface area contributed by atoms with Crippen molar-refractivity contribution in [1.29, 1.82) is 0 Å². The van der Waals surface area contributed by atoms with Gasteiger partial charge in [-0.25, -0.2) is 0 Å². The van der Waals surface area contributed by atoms with Crippen molar-refractivity contribution in [2.75, 3.05) is 0 Å². The molecule has 0 heteroatoms. The van der Waals surface area contributed by atoms with Crippen LogP contribution in [0.3, 0.4) is 0 Å². The fraction of sp³-hybridized carbons (Fsp3) is 0.647. The molecular formula is C17H34. The van der Waals surface area contributed by atoms with Gasteiger partial charge in [-0.2, -0.15) is 0 Å². The first-order valence-electron chi connectivity index (χ1n) is 7.15. The first-order chi connectivity index (χ1) is 8.12. The van der Waals surface area contributed by atoms with E-state index in [4.69, 9.17) is 0 Å². The van der Waals surface area contributed by atoms with Gasteiger partial charge in [0.2, 0.25) is 0 Å². The lowest BCUT2D eigenvalue weighted by atomic mass is 10.2. The molecule has 0 bridgehead atoms. The lowest BCUT2D eigenvalue weighted by Gasteiger charge is -1.90. The maximum Gasteiger partial charge on any atom is -0.0398 e. The topological polar surface area (TPSA) is 0 Å². The third-order valence-electron chi connectivity index (χ3n) is 1.72. The van der Waals surface area contributed by atoms with E-state index in [2.05, 4.69) is 65.8 Å². The van der Waals surface area contributed by atoms with E-state index in [1.54, 1.807) is 0 Å². The lowest BCUT2D eigenvalue weighted by Crippen LogP contribution is -1.70. The maximum absolute atomic E-state index is 2.18. The first kappa shape index (κ1) is 21.5. The van der Waals surface area contributed by atoms with Crippen LogP contribution in [-0.2, 0) is 0 Å². The zero-order valence-electron chi connectivity index (χ0n) is 13.4. The molecule has 0 spiro atoms. The number of hydrogen-bond donors (Lipinski definition) is 0. The molecule has 1 rings (SSSR count). The van der Waals surface area contributed by atoms with Crippen molar-refractivity contribution >= 4 is 0 Å². The van der Waals surface area contributed by atoms with Crippen LogP contribution in [0.4, 0.5) is 0 Å². The fourth-order valence-electron chi connectivity index (χ4n) is 0.637. The Hall–Kier alpha value is -0.780. The van der Waals surface area contributed by atoms with Gasteiger partial charge >= 0.3 is 0 Å². The molecule has 0 radical (unpaired) electrons. The van der Waals surface area contributed by atoms with Crippen molar-refractivity contribution in [1.82, 2.24) is 0 Å². The van der Waals surface area contributed by atoms with Crippen molar-refractivity contribution in [2.45, 2.75) is 74.7 Å². The minimum Gasteiger partial charge on any atom is -0.0683 e. The number of aryl methyl sites for hydroxylation is 2. The Morgan fingerprint density at radius 3 is 0.941 bits per heavy atom. The van der Waals surface area contributed by atoms with Gasteiger partial charge in [0.25, 0.3) is 0 Å². The van der Waals surface area contributed by atoms with Gasteiger partial charge in [0.1, 0.15) is 0 Å². The predicted octanol–water partition coefficient (Wildman–Crippen LogP) is 6.55. The van der Waals surface area contributed by atoms with Crippen LogP contribution < -0.4 is 0 Å². The first-order valence-corrected chi connectivity index (χ1v) is 7.15. The van der Waals surface area contributed by atoms with E-state index in [-0.39, 0.29) is 0 Å². The Balaban J connectivity index is -0.000000186. The molecule has 0 aliphatic heterocycles. The summed E-state index contributed by atoms with van der Waals surface area (Å²) in [7, 11) is 0. The average Bonchev–Trinajstić information content (AvgIpc) is 2.37. The van der Waals surface area contributed by atoms with E-state index in [1.807, 2.05) is 13.8 Å². The Bertz CT molecular complexity index is 173. The predicted molar refractivity (Wildman–Crippen MR) is 83.8 cm³/mol. The minimum absolute atomic E-state index is 1.25. The smallest absolute Gasteiger partial charge is 0.0398 e. The summed E-state index contributed by atoms with van der Waals surface area (Å²) in [6.45, 7) is 16.8. The zero-order valence-corrected chi connectivity index (χ0v) is 13.4. The van der Waals surface area contributed by atoms with Crippen LogP contribution in [0.5, 0.6) is 0 Å². The highest BCUT2D eigenvalue weighted by molar-refractivity contribution is 5.19. The van der Waals surface area contributed by atoms with Crippen molar-refractivity contribution in [3.8, 4) is 0 Å². The molecule has 0 aromatic heterocycles. The van der Waals surface area contributed by atoms with Gasteiger partial charge in [-0.3, -0.25) is 0 Å². The fourth-order valence-corrected chi connectivity index (χ4v) is 0.637. The molecule has 1 aromatic carbocycles. The summed E-state index contributed by atoms with van der Waals surface area (Å²) >= 11 is 0. The van der Waals surface area contributed by atoms with E-state index >= 15 is 0 Å². The Morgan fingerprint density at radius 1 is 0.647 bits per heavy atom. The standard InChI is InChI=1S/C8H10.C4H10.C3H8.C2H6/c1-7-3-5-8(2)6-4-7;1-3-4-2;1-3-2;1-2/h3-6H,1-2H3;3-4H2,1-2H3;3H2,1-2H3;1-2H3. The van der Waals surface area contributed by atoms with Crippen molar-refractivity contribution in [3.63, 3.8) is 0 Å². The Morgan fingerprint density at radius 2 is 0.824 bits per heavy atom. The van der Waals surface area contributed by atoms with Crippen molar-refractivity contribution < 1.29 is 0 Å². The van der Waals surface area contributed by atoms with Gasteiger partial charge in [0, 0.05) is 0 Å². The highest BCUT2D eigenvalue weighted by atomic mass is 13.9. The summed E-state index contributed by atoms with van der Waals surface area (Å²) in [5.74, 6) is 0. The van der Waals surface area contributed by atoms with Crippen LogP contribution >= 0.6 is 0 Å². The summed E-state index contributed by atoms with van der Waals surface area (Å²) in [6.07, 6.45) is 3.89. The van der Waals surface area contributed by atoms with E-state index in [0.29, 0.717) is 0 Å². The zero-order chi connectivity index (χ0) is 14.1. The van der Waals surface area contributed by atoms with Gasteiger partial charge in [-0.1, -0.05) is 96.2 Å². The molecule has 102 valence electrons. The second kappa shape index (κ2) is 20.6. The molecule has 0 heterocycles. The molecule has 0 saturated carbocycles. The van der Waals surface area contributed by atoms with Crippen LogP contribution in [0.2, 0.25) is 0 Å². The summed E-state index contributed by atoms with van der Waals surface area (Å²) in [6, 6.07) is 8.48. The molecule has 0 unspecified atom stereocenters. The molecule has 0 amide bonds. The molecule has 0 N–H and O–H groups in total. The summed E-state index contributed by atoms with van der Waals surface area (Å²) in [5, 5.41) is 0. The Labute approximate surface area is 110 Å². The van der Waals surface area contributed by atoms with Gasteiger partial charge < -0.3 is 0 Å². The van der Waals surface area contributed by atoms with Crippen molar-refractivity contribution in [3.05, 3.63) is 35.4 Å². The molecule has 0 atom stereocenters. The highest BCUT2D eigenvalue weighted by Crippen LogP contribution is 1.99. The average molecular weight is 238 g/mol. The van der Waals surface area contributed by atoms with Crippen LogP contribution in [0.1, 0.15) is 71.9 Å². The van der Waals surface area contributed by atoms with Crippen molar-refractivity contribution in [2.24, 2.45) is 0 Å². The number of rotatable bonds is 1. The van der Waals surface area contributed by atoms with E-state index in [9.17, 15) is 0 Å². The monoisotopic (exact) mass is 238 g/mol. The third kappa shape index (κ3) is 25.5. The summed E-state index contributed by atoms with van der Waals surface area (Å²) in [5.41, 5.74) is 2.66. The van der Waals surface area contributed by atoms with Gasteiger partial charge in [0.05, 0.1) is 0 Å². The highest BCUT2D eigenvalue weighted by Gasteiger charge is 1.79. The normalized spacial score (nSPS) is 7.53.